The highest BCUT2D eigenvalue weighted by Crippen LogP contribution is 2.03. The van der Waals surface area contributed by atoms with Crippen molar-refractivity contribution in [2.45, 2.75) is 31.9 Å². The van der Waals surface area contributed by atoms with Crippen LogP contribution in [0.4, 0.5) is 4.79 Å². The molecule has 3 N–H and O–H groups in total. The molecule has 0 bridgehead atoms. The summed E-state index contributed by atoms with van der Waals surface area (Å²) in [5.74, 6) is -1.41. The standard InChI is InChI=1S/C10H17N3O4/c1-7(4-5-11)13(3)9(16)12-6-10(2,17)8(14)15/h7,17H,4,6H2,1-3H3,(H,12,16)(H,14,15). The zero-order chi connectivity index (χ0) is 13.6. The highest BCUT2D eigenvalue weighted by atomic mass is 16.4. The number of nitrogens with one attached hydrogen (secondary N) is 1. The van der Waals surface area contributed by atoms with Crippen LogP contribution in [0.25, 0.3) is 0 Å². The average Bonchev–Trinajstić information content (AvgIpc) is 2.25. The molecule has 0 rings (SSSR count). The van der Waals surface area contributed by atoms with E-state index < -0.39 is 24.1 Å². The molecule has 0 aromatic rings. The average molecular weight is 243 g/mol. The number of carbonyl (C=O) groups excluding carboxylic acids is 1. The van der Waals surface area contributed by atoms with Crippen LogP contribution in [-0.2, 0) is 4.79 Å². The van der Waals surface area contributed by atoms with E-state index in [2.05, 4.69) is 5.32 Å². The second-order valence-corrected chi connectivity index (χ2v) is 4.06. The first-order valence-electron chi connectivity index (χ1n) is 5.05. The Morgan fingerprint density at radius 3 is 2.53 bits per heavy atom. The molecule has 0 saturated carbocycles. The predicted molar refractivity (Wildman–Crippen MR) is 59.1 cm³/mol. The van der Waals surface area contributed by atoms with Crippen molar-refractivity contribution in [2.24, 2.45) is 0 Å². The Kier molecular flexibility index (Phi) is 5.41. The molecule has 7 nitrogen and oxygen atoms in total. The number of aliphatic hydroxyl groups is 1. The second kappa shape index (κ2) is 6.06. The number of hydrogen-bond donors (Lipinski definition) is 3. The molecule has 0 saturated heterocycles. The number of carbonyl (C=O) groups is 2. The van der Waals surface area contributed by atoms with E-state index in [0.29, 0.717) is 0 Å². The van der Waals surface area contributed by atoms with Crippen LogP contribution in [0, 0.1) is 11.3 Å². The molecule has 0 aromatic carbocycles. The maximum absolute atomic E-state index is 11.5. The van der Waals surface area contributed by atoms with Crippen molar-refractivity contribution >= 4 is 12.0 Å². The van der Waals surface area contributed by atoms with Gasteiger partial charge in [-0.2, -0.15) is 5.26 Å². The van der Waals surface area contributed by atoms with Gasteiger partial charge in [0, 0.05) is 13.1 Å². The molecule has 0 spiro atoms. The third-order valence-electron chi connectivity index (χ3n) is 2.41. The SMILES string of the molecule is CC(CC#N)N(C)C(=O)NCC(C)(O)C(=O)O. The molecule has 2 amide bonds. The monoisotopic (exact) mass is 243 g/mol. The highest BCUT2D eigenvalue weighted by molar-refractivity contribution is 5.79. The minimum Gasteiger partial charge on any atom is -0.479 e. The molecule has 0 fully saturated rings. The molecule has 0 aromatic heterocycles. The van der Waals surface area contributed by atoms with Crippen molar-refractivity contribution in [2.75, 3.05) is 13.6 Å². The Morgan fingerprint density at radius 1 is 1.59 bits per heavy atom. The number of rotatable bonds is 5. The topological polar surface area (TPSA) is 114 Å². The van der Waals surface area contributed by atoms with E-state index in [1.54, 1.807) is 6.92 Å². The Labute approximate surface area is 99.6 Å². The van der Waals surface area contributed by atoms with Crippen molar-refractivity contribution in [1.29, 1.82) is 5.26 Å². The molecular weight excluding hydrogens is 226 g/mol. The number of amides is 2. The molecular formula is C10H17N3O4. The van der Waals surface area contributed by atoms with Crippen LogP contribution in [0.3, 0.4) is 0 Å². The van der Waals surface area contributed by atoms with Gasteiger partial charge in [-0.3, -0.25) is 0 Å². The van der Waals surface area contributed by atoms with Gasteiger partial charge in [-0.05, 0) is 13.8 Å². The maximum atomic E-state index is 11.5. The van der Waals surface area contributed by atoms with Crippen LogP contribution in [-0.4, -0.2) is 52.3 Å². The summed E-state index contributed by atoms with van der Waals surface area (Å²) in [5, 5.41) is 28.8. The molecule has 2 atom stereocenters. The lowest BCUT2D eigenvalue weighted by Crippen LogP contribution is -2.50. The minimum absolute atomic E-state index is 0.180. The van der Waals surface area contributed by atoms with Crippen LogP contribution in [0.15, 0.2) is 0 Å². The van der Waals surface area contributed by atoms with Gasteiger partial charge in [0.1, 0.15) is 0 Å². The summed E-state index contributed by atoms with van der Waals surface area (Å²) < 4.78 is 0. The normalized spacial score (nSPS) is 15.2. The quantitative estimate of drug-likeness (QED) is 0.617. The Balaban J connectivity index is 4.29. The van der Waals surface area contributed by atoms with Gasteiger partial charge in [-0.1, -0.05) is 0 Å². The molecule has 7 heteroatoms. The van der Waals surface area contributed by atoms with Gasteiger partial charge < -0.3 is 20.4 Å². The lowest BCUT2D eigenvalue weighted by Gasteiger charge is -2.25. The van der Waals surface area contributed by atoms with Crippen LogP contribution >= 0.6 is 0 Å². The van der Waals surface area contributed by atoms with E-state index in [-0.39, 0.29) is 12.5 Å². The van der Waals surface area contributed by atoms with Crippen molar-refractivity contribution in [3.8, 4) is 6.07 Å². The fraction of sp³-hybridized carbons (Fsp3) is 0.700. The first-order chi connectivity index (χ1) is 7.72. The summed E-state index contributed by atoms with van der Waals surface area (Å²) in [6.45, 7) is 2.39. The largest absolute Gasteiger partial charge is 0.479 e. The van der Waals surface area contributed by atoms with Crippen molar-refractivity contribution in [1.82, 2.24) is 10.2 Å². The molecule has 0 radical (unpaired) electrons. The summed E-state index contributed by atoms with van der Waals surface area (Å²) in [7, 11) is 1.49. The van der Waals surface area contributed by atoms with Gasteiger partial charge in [0.25, 0.3) is 0 Å². The van der Waals surface area contributed by atoms with Gasteiger partial charge >= 0.3 is 12.0 Å². The zero-order valence-corrected chi connectivity index (χ0v) is 10.1. The maximum Gasteiger partial charge on any atom is 0.337 e. The summed E-state index contributed by atoms with van der Waals surface area (Å²) in [4.78, 5) is 23.4. The lowest BCUT2D eigenvalue weighted by atomic mass is 10.1. The smallest absolute Gasteiger partial charge is 0.337 e. The van der Waals surface area contributed by atoms with E-state index in [0.717, 1.165) is 6.92 Å². The van der Waals surface area contributed by atoms with Gasteiger partial charge in [0.2, 0.25) is 0 Å². The summed E-state index contributed by atoms with van der Waals surface area (Å²) >= 11 is 0. The van der Waals surface area contributed by atoms with Crippen LogP contribution in [0.2, 0.25) is 0 Å². The third kappa shape index (κ3) is 4.70. The third-order valence-corrected chi connectivity index (χ3v) is 2.41. The molecule has 0 aliphatic heterocycles. The van der Waals surface area contributed by atoms with Crippen molar-refractivity contribution in [3.63, 3.8) is 0 Å². The molecule has 96 valence electrons. The van der Waals surface area contributed by atoms with Crippen LogP contribution in [0.1, 0.15) is 20.3 Å². The van der Waals surface area contributed by atoms with Crippen LogP contribution < -0.4 is 5.32 Å². The van der Waals surface area contributed by atoms with Gasteiger partial charge in [-0.25, -0.2) is 9.59 Å². The van der Waals surface area contributed by atoms with Crippen molar-refractivity contribution < 1.29 is 19.8 Å². The van der Waals surface area contributed by atoms with E-state index in [1.165, 1.54) is 11.9 Å². The van der Waals surface area contributed by atoms with E-state index in [1.807, 2.05) is 6.07 Å². The van der Waals surface area contributed by atoms with Crippen LogP contribution in [0.5, 0.6) is 0 Å². The minimum atomic E-state index is -2.00. The molecule has 0 heterocycles. The number of carboxylic acids is 1. The van der Waals surface area contributed by atoms with E-state index in [4.69, 9.17) is 10.4 Å². The summed E-state index contributed by atoms with van der Waals surface area (Å²) in [6, 6.07) is 1.11. The number of urea groups is 1. The Morgan fingerprint density at radius 2 is 2.12 bits per heavy atom. The molecule has 0 aliphatic carbocycles. The molecule has 2 unspecified atom stereocenters. The Hall–Kier alpha value is -1.81. The predicted octanol–water partition coefficient (Wildman–Crippen LogP) is -0.234. The van der Waals surface area contributed by atoms with Gasteiger partial charge in [-0.15, -0.1) is 0 Å². The molecule has 0 aliphatic rings. The Bertz CT molecular complexity index is 335. The number of aliphatic carboxylic acids is 1. The fourth-order valence-corrected chi connectivity index (χ4v) is 0.917. The lowest BCUT2D eigenvalue weighted by molar-refractivity contribution is -0.155. The first-order valence-corrected chi connectivity index (χ1v) is 5.05. The second-order valence-electron chi connectivity index (χ2n) is 4.06. The highest BCUT2D eigenvalue weighted by Gasteiger charge is 2.31. The van der Waals surface area contributed by atoms with Gasteiger partial charge in [0.05, 0.1) is 19.0 Å². The molecule has 17 heavy (non-hydrogen) atoms. The first kappa shape index (κ1) is 15.2. The number of carboxylic acid groups (broad SMARTS) is 1. The fourth-order valence-electron chi connectivity index (χ4n) is 0.917. The number of nitrogens with zero attached hydrogens (tertiary/aromatic N) is 2. The summed E-state index contributed by atoms with van der Waals surface area (Å²) in [5.41, 5.74) is -2.00. The zero-order valence-electron chi connectivity index (χ0n) is 10.1. The van der Waals surface area contributed by atoms with Gasteiger partial charge in [0.15, 0.2) is 5.60 Å². The summed E-state index contributed by atoms with van der Waals surface area (Å²) in [6.07, 6.45) is 0.180. The van der Waals surface area contributed by atoms with Crippen molar-refractivity contribution in [3.05, 3.63) is 0 Å². The number of nitriles is 1. The van der Waals surface area contributed by atoms with E-state index in [9.17, 15) is 14.7 Å². The number of hydrogen-bond acceptors (Lipinski definition) is 4. The van der Waals surface area contributed by atoms with E-state index >= 15 is 0 Å².